The van der Waals surface area contributed by atoms with Gasteiger partial charge in [-0.05, 0) is 25.9 Å². The first-order chi connectivity index (χ1) is 8.49. The molecule has 6 heteroatoms. The highest BCUT2D eigenvalue weighted by atomic mass is 19.4. The Morgan fingerprint density at radius 2 is 2.17 bits per heavy atom. The van der Waals surface area contributed by atoms with Crippen molar-refractivity contribution < 1.29 is 17.9 Å². The zero-order chi connectivity index (χ0) is 13.6. The zero-order valence-corrected chi connectivity index (χ0v) is 11.1. The lowest BCUT2D eigenvalue weighted by Crippen LogP contribution is -2.44. The second-order valence-corrected chi connectivity index (χ2v) is 4.84. The van der Waals surface area contributed by atoms with Crippen LogP contribution in [0.4, 0.5) is 13.2 Å². The van der Waals surface area contributed by atoms with Gasteiger partial charge in [-0.2, -0.15) is 13.2 Å². The molecular weight excluding hydrogens is 245 g/mol. The lowest BCUT2D eigenvalue weighted by atomic mass is 10.1. The third-order valence-corrected chi connectivity index (χ3v) is 3.36. The average molecular weight is 268 g/mol. The van der Waals surface area contributed by atoms with Gasteiger partial charge in [0.2, 0.25) is 0 Å². The normalized spacial score (nSPS) is 23.5. The number of rotatable bonds is 7. The van der Waals surface area contributed by atoms with Gasteiger partial charge >= 0.3 is 6.18 Å². The molecule has 0 aromatic rings. The molecule has 3 nitrogen and oxygen atoms in total. The summed E-state index contributed by atoms with van der Waals surface area (Å²) < 4.78 is 43.0. The van der Waals surface area contributed by atoms with Crippen LogP contribution in [0.25, 0.3) is 0 Å². The van der Waals surface area contributed by atoms with E-state index in [2.05, 4.69) is 12.2 Å². The summed E-state index contributed by atoms with van der Waals surface area (Å²) in [5.41, 5.74) is 0. The highest BCUT2D eigenvalue weighted by Gasteiger charge is 2.44. The van der Waals surface area contributed by atoms with Crippen molar-refractivity contribution in [3.63, 3.8) is 0 Å². The third kappa shape index (κ3) is 4.74. The summed E-state index contributed by atoms with van der Waals surface area (Å²) in [6.45, 7) is 4.72. The van der Waals surface area contributed by atoms with Gasteiger partial charge < -0.3 is 10.1 Å². The van der Waals surface area contributed by atoms with Crippen molar-refractivity contribution in [1.29, 1.82) is 0 Å². The van der Waals surface area contributed by atoms with Crippen LogP contribution in [-0.4, -0.2) is 57.0 Å². The van der Waals surface area contributed by atoms with E-state index in [1.807, 2.05) is 4.90 Å². The van der Waals surface area contributed by atoms with E-state index in [4.69, 9.17) is 4.74 Å². The molecule has 0 bridgehead atoms. The van der Waals surface area contributed by atoms with Crippen molar-refractivity contribution in [1.82, 2.24) is 10.2 Å². The van der Waals surface area contributed by atoms with E-state index in [0.717, 1.165) is 13.0 Å². The fraction of sp³-hybridized carbons (Fsp3) is 1.00. The monoisotopic (exact) mass is 268 g/mol. The molecule has 0 amide bonds. The fourth-order valence-electron chi connectivity index (χ4n) is 2.32. The molecule has 0 saturated carbocycles. The molecule has 1 aliphatic rings. The van der Waals surface area contributed by atoms with Crippen LogP contribution in [-0.2, 0) is 4.74 Å². The van der Waals surface area contributed by atoms with Gasteiger partial charge in [0, 0.05) is 26.2 Å². The maximum absolute atomic E-state index is 12.6. The molecule has 1 rings (SSSR count). The summed E-state index contributed by atoms with van der Waals surface area (Å²) in [5.74, 6) is -1.18. The summed E-state index contributed by atoms with van der Waals surface area (Å²) in [7, 11) is 1.59. The second-order valence-electron chi connectivity index (χ2n) is 4.84. The van der Waals surface area contributed by atoms with Crippen LogP contribution in [0, 0.1) is 5.92 Å². The topological polar surface area (TPSA) is 24.5 Å². The van der Waals surface area contributed by atoms with Gasteiger partial charge in [-0.25, -0.2) is 0 Å². The molecule has 0 spiro atoms. The Morgan fingerprint density at radius 3 is 2.67 bits per heavy atom. The second kappa shape index (κ2) is 7.31. The van der Waals surface area contributed by atoms with E-state index in [1.54, 1.807) is 7.11 Å². The molecule has 2 unspecified atom stereocenters. The van der Waals surface area contributed by atoms with Gasteiger partial charge in [-0.1, -0.05) is 6.92 Å². The minimum absolute atomic E-state index is 0.0360. The van der Waals surface area contributed by atoms with Crippen molar-refractivity contribution in [3.05, 3.63) is 0 Å². The summed E-state index contributed by atoms with van der Waals surface area (Å²) in [5, 5.41) is 3.25. The molecule has 0 aromatic carbocycles. The molecule has 1 N–H and O–H groups in total. The summed E-state index contributed by atoms with van der Waals surface area (Å²) >= 11 is 0. The van der Waals surface area contributed by atoms with Gasteiger partial charge in [-0.3, -0.25) is 4.90 Å². The van der Waals surface area contributed by atoms with Crippen molar-refractivity contribution >= 4 is 0 Å². The number of ether oxygens (including phenoxy) is 1. The Labute approximate surface area is 107 Å². The van der Waals surface area contributed by atoms with E-state index in [0.29, 0.717) is 19.7 Å². The smallest absolute Gasteiger partial charge is 0.383 e. The van der Waals surface area contributed by atoms with Crippen LogP contribution in [0.5, 0.6) is 0 Å². The molecule has 0 aromatic heterocycles. The van der Waals surface area contributed by atoms with Gasteiger partial charge in [0.05, 0.1) is 12.5 Å². The summed E-state index contributed by atoms with van der Waals surface area (Å²) in [6.07, 6.45) is -2.84. The minimum atomic E-state index is -4.07. The predicted molar refractivity (Wildman–Crippen MR) is 64.6 cm³/mol. The van der Waals surface area contributed by atoms with Crippen LogP contribution in [0.3, 0.4) is 0 Å². The first kappa shape index (κ1) is 15.7. The van der Waals surface area contributed by atoms with Crippen molar-refractivity contribution in [3.8, 4) is 0 Å². The summed E-state index contributed by atoms with van der Waals surface area (Å²) in [6, 6.07) is 0.0360. The van der Waals surface area contributed by atoms with Gasteiger partial charge in [-0.15, -0.1) is 0 Å². The average Bonchev–Trinajstić information content (AvgIpc) is 2.77. The minimum Gasteiger partial charge on any atom is -0.383 e. The Kier molecular flexibility index (Phi) is 6.38. The molecule has 1 fully saturated rings. The maximum Gasteiger partial charge on any atom is 0.393 e. The van der Waals surface area contributed by atoms with Gasteiger partial charge in [0.25, 0.3) is 0 Å². The van der Waals surface area contributed by atoms with Crippen LogP contribution >= 0.6 is 0 Å². The standard InChI is InChI=1S/C12H23F3N2O/c1-3-5-16-7-11(9-18-2)17-6-4-10(8-17)12(13,14)15/h10-11,16H,3-9H2,1-2H3. The van der Waals surface area contributed by atoms with E-state index < -0.39 is 12.1 Å². The molecule has 0 radical (unpaired) electrons. The van der Waals surface area contributed by atoms with Crippen LogP contribution in [0.2, 0.25) is 0 Å². The highest BCUT2D eigenvalue weighted by Crippen LogP contribution is 2.34. The number of hydrogen-bond donors (Lipinski definition) is 1. The van der Waals surface area contributed by atoms with Crippen LogP contribution in [0.15, 0.2) is 0 Å². The Hall–Kier alpha value is -0.330. The number of nitrogens with zero attached hydrogens (tertiary/aromatic N) is 1. The van der Waals surface area contributed by atoms with E-state index in [9.17, 15) is 13.2 Å². The number of likely N-dealkylation sites (tertiary alicyclic amines) is 1. The summed E-state index contributed by atoms with van der Waals surface area (Å²) in [4.78, 5) is 1.89. The zero-order valence-electron chi connectivity index (χ0n) is 11.1. The molecule has 108 valence electrons. The number of hydrogen-bond acceptors (Lipinski definition) is 3. The number of halogens is 3. The largest absolute Gasteiger partial charge is 0.393 e. The highest BCUT2D eigenvalue weighted by molar-refractivity contribution is 4.85. The van der Waals surface area contributed by atoms with Crippen molar-refractivity contribution in [2.24, 2.45) is 5.92 Å². The molecule has 1 saturated heterocycles. The van der Waals surface area contributed by atoms with Crippen molar-refractivity contribution in [2.45, 2.75) is 32.0 Å². The van der Waals surface area contributed by atoms with Crippen LogP contribution < -0.4 is 5.32 Å². The molecule has 0 aliphatic carbocycles. The quantitative estimate of drug-likeness (QED) is 0.714. The lowest BCUT2D eigenvalue weighted by Gasteiger charge is -2.28. The number of alkyl halides is 3. The number of nitrogens with one attached hydrogen (secondary N) is 1. The lowest BCUT2D eigenvalue weighted by molar-refractivity contribution is -0.171. The van der Waals surface area contributed by atoms with Crippen molar-refractivity contribution in [2.75, 3.05) is 39.9 Å². The van der Waals surface area contributed by atoms with E-state index >= 15 is 0 Å². The first-order valence-electron chi connectivity index (χ1n) is 6.49. The fourth-order valence-corrected chi connectivity index (χ4v) is 2.32. The predicted octanol–water partition coefficient (Wildman–Crippen LogP) is 1.89. The van der Waals surface area contributed by atoms with Gasteiger partial charge in [0.15, 0.2) is 0 Å². The maximum atomic E-state index is 12.6. The van der Waals surface area contributed by atoms with Gasteiger partial charge in [0.1, 0.15) is 0 Å². The molecule has 18 heavy (non-hydrogen) atoms. The van der Waals surface area contributed by atoms with E-state index in [1.165, 1.54) is 0 Å². The Bertz CT molecular complexity index is 236. The van der Waals surface area contributed by atoms with E-state index in [-0.39, 0.29) is 19.0 Å². The Morgan fingerprint density at radius 1 is 1.44 bits per heavy atom. The molecule has 2 atom stereocenters. The molecule has 1 heterocycles. The SMILES string of the molecule is CCCNCC(COC)N1CCC(C(F)(F)F)C1. The van der Waals surface area contributed by atoms with Crippen LogP contribution in [0.1, 0.15) is 19.8 Å². The molecule has 1 aliphatic heterocycles. The Balaban J connectivity index is 2.44. The first-order valence-corrected chi connectivity index (χ1v) is 6.49. The third-order valence-electron chi connectivity index (χ3n) is 3.36. The molecular formula is C12H23F3N2O. The number of methoxy groups -OCH3 is 1.